The predicted molar refractivity (Wildman–Crippen MR) is 110 cm³/mol. The normalized spacial score (nSPS) is 10.3. The zero-order chi connectivity index (χ0) is 20.9. The van der Waals surface area contributed by atoms with E-state index in [2.05, 4.69) is 6.92 Å². The molecular formula is C23H28O6. The Morgan fingerprint density at radius 3 is 1.97 bits per heavy atom. The van der Waals surface area contributed by atoms with Crippen molar-refractivity contribution in [2.45, 2.75) is 46.0 Å². The molecule has 2 rings (SSSR count). The minimum absolute atomic E-state index is 0.304. The summed E-state index contributed by atoms with van der Waals surface area (Å²) in [7, 11) is 0. The zero-order valence-electron chi connectivity index (χ0n) is 17.0. The van der Waals surface area contributed by atoms with Gasteiger partial charge in [0.25, 0.3) is 0 Å². The summed E-state index contributed by atoms with van der Waals surface area (Å²) in [6, 6.07) is 12.9. The van der Waals surface area contributed by atoms with E-state index in [-0.39, 0.29) is 0 Å². The molecule has 0 aliphatic carbocycles. The van der Waals surface area contributed by atoms with Crippen molar-refractivity contribution in [1.29, 1.82) is 0 Å². The van der Waals surface area contributed by atoms with Gasteiger partial charge >= 0.3 is 12.1 Å². The second-order valence-corrected chi connectivity index (χ2v) is 6.43. The summed E-state index contributed by atoms with van der Waals surface area (Å²) in [6.45, 7) is 4.96. The fourth-order valence-corrected chi connectivity index (χ4v) is 2.58. The van der Waals surface area contributed by atoms with Crippen molar-refractivity contribution in [2.24, 2.45) is 0 Å². The molecule has 0 atom stereocenters. The van der Waals surface area contributed by atoms with Crippen molar-refractivity contribution in [3.63, 3.8) is 0 Å². The van der Waals surface area contributed by atoms with Crippen molar-refractivity contribution in [2.75, 3.05) is 13.2 Å². The van der Waals surface area contributed by atoms with Crippen LogP contribution in [0.2, 0.25) is 0 Å². The van der Waals surface area contributed by atoms with Crippen LogP contribution in [0.1, 0.15) is 56.3 Å². The van der Waals surface area contributed by atoms with Gasteiger partial charge in [-0.3, -0.25) is 0 Å². The number of esters is 1. The van der Waals surface area contributed by atoms with Gasteiger partial charge in [-0.15, -0.1) is 0 Å². The van der Waals surface area contributed by atoms with Gasteiger partial charge in [-0.1, -0.05) is 32.6 Å². The quantitative estimate of drug-likeness (QED) is 0.206. The lowest BCUT2D eigenvalue weighted by molar-refractivity contribution is 0.0734. The smallest absolute Gasteiger partial charge is 0.494 e. The molecule has 0 amide bonds. The number of benzene rings is 2. The lowest BCUT2D eigenvalue weighted by Gasteiger charge is -2.08. The van der Waals surface area contributed by atoms with Crippen molar-refractivity contribution in [3.05, 3.63) is 54.1 Å². The molecule has 0 unspecified atom stereocenters. The molecule has 0 aromatic heterocycles. The monoisotopic (exact) mass is 400 g/mol. The Labute approximate surface area is 171 Å². The van der Waals surface area contributed by atoms with Gasteiger partial charge in [0.2, 0.25) is 0 Å². The standard InChI is InChI=1S/C23H28O6/c1-3-5-6-7-8-17-27-23(25)29-21-11-9-18(10-12-21)22(24)28-20-15-13-19(14-16-20)26-4-2/h9-16H,3-8,17H2,1-2H3. The molecule has 6 heteroatoms. The molecule has 6 nitrogen and oxygen atoms in total. The number of hydrogen-bond donors (Lipinski definition) is 0. The first-order valence-corrected chi connectivity index (χ1v) is 10.0. The van der Waals surface area contributed by atoms with Crippen LogP contribution in [0.5, 0.6) is 17.2 Å². The summed E-state index contributed by atoms with van der Waals surface area (Å²) in [5.74, 6) is 0.928. The third-order valence-corrected chi connectivity index (χ3v) is 4.10. The molecule has 29 heavy (non-hydrogen) atoms. The third-order valence-electron chi connectivity index (χ3n) is 4.10. The van der Waals surface area contributed by atoms with Crippen molar-refractivity contribution in [3.8, 4) is 17.2 Å². The van der Waals surface area contributed by atoms with E-state index >= 15 is 0 Å². The number of rotatable bonds is 11. The van der Waals surface area contributed by atoms with Crippen LogP contribution >= 0.6 is 0 Å². The highest BCUT2D eigenvalue weighted by atomic mass is 16.7. The molecule has 2 aromatic rings. The van der Waals surface area contributed by atoms with Crippen LogP contribution in [0.4, 0.5) is 4.79 Å². The van der Waals surface area contributed by atoms with Crippen LogP contribution in [0.3, 0.4) is 0 Å². The molecule has 0 bridgehead atoms. The van der Waals surface area contributed by atoms with E-state index in [9.17, 15) is 9.59 Å². The van der Waals surface area contributed by atoms with Gasteiger partial charge in [0.15, 0.2) is 0 Å². The van der Waals surface area contributed by atoms with Crippen LogP contribution in [-0.2, 0) is 4.74 Å². The molecule has 0 saturated heterocycles. The Kier molecular flexibility index (Phi) is 9.55. The topological polar surface area (TPSA) is 71.1 Å². The van der Waals surface area contributed by atoms with Gasteiger partial charge in [0.1, 0.15) is 17.2 Å². The van der Waals surface area contributed by atoms with Gasteiger partial charge in [0.05, 0.1) is 18.8 Å². The molecule has 156 valence electrons. The summed E-state index contributed by atoms with van der Waals surface area (Å²) in [6.07, 6.45) is 4.62. The maximum absolute atomic E-state index is 12.2. The van der Waals surface area contributed by atoms with E-state index in [0.29, 0.717) is 36.0 Å². The lowest BCUT2D eigenvalue weighted by Crippen LogP contribution is -2.12. The van der Waals surface area contributed by atoms with E-state index < -0.39 is 12.1 Å². The lowest BCUT2D eigenvalue weighted by atomic mass is 10.2. The molecule has 0 saturated carbocycles. The number of carbonyl (C=O) groups is 2. The molecule has 0 heterocycles. The van der Waals surface area contributed by atoms with E-state index in [0.717, 1.165) is 19.3 Å². The minimum atomic E-state index is -0.745. The van der Waals surface area contributed by atoms with Gasteiger partial charge in [0, 0.05) is 0 Å². The molecule has 0 radical (unpaired) electrons. The van der Waals surface area contributed by atoms with Crippen LogP contribution in [0, 0.1) is 0 Å². The third kappa shape index (κ3) is 8.25. The second-order valence-electron chi connectivity index (χ2n) is 6.43. The number of unbranched alkanes of at least 4 members (excludes halogenated alkanes) is 4. The van der Waals surface area contributed by atoms with Crippen LogP contribution < -0.4 is 14.2 Å². The summed E-state index contributed by atoms with van der Waals surface area (Å²) in [4.78, 5) is 23.9. The molecule has 0 aliphatic rings. The summed E-state index contributed by atoms with van der Waals surface area (Å²) >= 11 is 0. The Hall–Kier alpha value is -3.02. The second kappa shape index (κ2) is 12.4. The molecule has 0 fully saturated rings. The zero-order valence-corrected chi connectivity index (χ0v) is 17.0. The number of carbonyl (C=O) groups excluding carboxylic acids is 2. The first kappa shape index (κ1) is 22.3. The van der Waals surface area contributed by atoms with Crippen molar-refractivity contribution in [1.82, 2.24) is 0 Å². The summed E-state index contributed by atoms with van der Waals surface area (Å²) in [5.41, 5.74) is 0.343. The van der Waals surface area contributed by atoms with E-state index in [1.54, 1.807) is 24.3 Å². The Balaban J connectivity index is 1.76. The highest BCUT2D eigenvalue weighted by Crippen LogP contribution is 2.20. The average Bonchev–Trinajstić information content (AvgIpc) is 2.73. The van der Waals surface area contributed by atoms with Gasteiger partial charge in [-0.05, 0) is 61.9 Å². The first-order valence-electron chi connectivity index (χ1n) is 10.0. The van der Waals surface area contributed by atoms with E-state index in [4.69, 9.17) is 18.9 Å². The highest BCUT2D eigenvalue weighted by Gasteiger charge is 2.11. The minimum Gasteiger partial charge on any atom is -0.494 e. The van der Waals surface area contributed by atoms with Gasteiger partial charge < -0.3 is 18.9 Å². The van der Waals surface area contributed by atoms with Crippen LogP contribution in [-0.4, -0.2) is 25.3 Å². The number of hydrogen-bond acceptors (Lipinski definition) is 6. The maximum Gasteiger partial charge on any atom is 0.513 e. The maximum atomic E-state index is 12.2. The van der Waals surface area contributed by atoms with Gasteiger partial charge in [-0.25, -0.2) is 9.59 Å². The summed E-state index contributed by atoms with van der Waals surface area (Å²) in [5, 5.41) is 0. The SMILES string of the molecule is CCCCCCCOC(=O)Oc1ccc(C(=O)Oc2ccc(OCC)cc2)cc1. The number of ether oxygens (including phenoxy) is 4. The first-order chi connectivity index (χ1) is 14.1. The molecular weight excluding hydrogens is 372 g/mol. The van der Waals surface area contributed by atoms with E-state index in [1.807, 2.05) is 6.92 Å². The Bertz CT molecular complexity index is 752. The van der Waals surface area contributed by atoms with E-state index in [1.165, 1.54) is 37.1 Å². The Morgan fingerprint density at radius 2 is 1.31 bits per heavy atom. The predicted octanol–water partition coefficient (Wildman–Crippen LogP) is 5.79. The van der Waals surface area contributed by atoms with Crippen LogP contribution in [0.15, 0.2) is 48.5 Å². The van der Waals surface area contributed by atoms with Gasteiger partial charge in [-0.2, -0.15) is 0 Å². The fraction of sp³-hybridized carbons (Fsp3) is 0.391. The fourth-order valence-electron chi connectivity index (χ4n) is 2.58. The molecule has 0 spiro atoms. The van der Waals surface area contributed by atoms with Crippen molar-refractivity contribution < 1.29 is 28.5 Å². The highest BCUT2D eigenvalue weighted by molar-refractivity contribution is 5.91. The Morgan fingerprint density at radius 1 is 0.724 bits per heavy atom. The average molecular weight is 400 g/mol. The molecule has 0 N–H and O–H groups in total. The molecule has 0 aliphatic heterocycles. The van der Waals surface area contributed by atoms with Crippen LogP contribution in [0.25, 0.3) is 0 Å². The summed E-state index contributed by atoms with van der Waals surface area (Å²) < 4.78 is 20.8. The van der Waals surface area contributed by atoms with Crippen molar-refractivity contribution >= 4 is 12.1 Å². The molecule has 2 aromatic carbocycles. The largest absolute Gasteiger partial charge is 0.513 e.